The van der Waals surface area contributed by atoms with Gasteiger partial charge in [-0.2, -0.15) is 0 Å². The van der Waals surface area contributed by atoms with Crippen LogP contribution in [0.15, 0.2) is 30.3 Å². The summed E-state index contributed by atoms with van der Waals surface area (Å²) in [6, 6.07) is 9.82. The Kier molecular flexibility index (Phi) is 4.17. The molecule has 1 fully saturated rings. The van der Waals surface area contributed by atoms with E-state index in [2.05, 4.69) is 4.74 Å². The van der Waals surface area contributed by atoms with Gasteiger partial charge in [0.2, 0.25) is 0 Å². The van der Waals surface area contributed by atoms with Crippen LogP contribution >= 0.6 is 0 Å². The van der Waals surface area contributed by atoms with Crippen LogP contribution in [0.3, 0.4) is 0 Å². The summed E-state index contributed by atoms with van der Waals surface area (Å²) in [5, 5.41) is 0. The third kappa shape index (κ3) is 3.67. The molecule has 0 bridgehead atoms. The number of methoxy groups -OCH3 is 1. The first kappa shape index (κ1) is 13.3. The molecule has 1 aliphatic rings. The smallest absolute Gasteiger partial charge is 0.306 e. The third-order valence-electron chi connectivity index (χ3n) is 3.34. The molecule has 0 spiro atoms. The van der Waals surface area contributed by atoms with Crippen LogP contribution in [0.1, 0.15) is 24.8 Å². The van der Waals surface area contributed by atoms with Crippen molar-refractivity contribution >= 4 is 16.8 Å². The summed E-state index contributed by atoms with van der Waals surface area (Å²) in [5.74, 6) is 0.991. The van der Waals surface area contributed by atoms with Crippen molar-refractivity contribution in [2.45, 2.75) is 25.0 Å². The molecule has 0 aromatic heterocycles. The number of hydrogen-bond acceptors (Lipinski definition) is 3. The van der Waals surface area contributed by atoms with E-state index < -0.39 is 10.8 Å². The molecule has 1 unspecified atom stereocenters. The van der Waals surface area contributed by atoms with E-state index in [0.717, 1.165) is 18.4 Å². The Morgan fingerprint density at radius 3 is 2.56 bits per heavy atom. The molecule has 1 aromatic carbocycles. The molecule has 4 heteroatoms. The lowest BCUT2D eigenvalue weighted by atomic mass is 10.1. The highest BCUT2D eigenvalue weighted by Crippen LogP contribution is 2.49. The van der Waals surface area contributed by atoms with Gasteiger partial charge in [-0.1, -0.05) is 30.3 Å². The lowest BCUT2D eigenvalue weighted by Gasteiger charge is -2.13. The highest BCUT2D eigenvalue weighted by atomic mass is 32.2. The Morgan fingerprint density at radius 1 is 1.33 bits per heavy atom. The van der Waals surface area contributed by atoms with Gasteiger partial charge in [0.15, 0.2) is 0 Å². The highest BCUT2D eigenvalue weighted by molar-refractivity contribution is 7.84. The lowest BCUT2D eigenvalue weighted by molar-refractivity contribution is -0.141. The third-order valence-corrected chi connectivity index (χ3v) is 4.93. The van der Waals surface area contributed by atoms with E-state index in [1.807, 2.05) is 30.3 Å². The summed E-state index contributed by atoms with van der Waals surface area (Å²) in [7, 11) is 0.498. The topological polar surface area (TPSA) is 43.4 Å². The Hall–Kier alpha value is -1.16. The van der Waals surface area contributed by atoms with Crippen LogP contribution in [0, 0.1) is 5.41 Å². The van der Waals surface area contributed by atoms with Gasteiger partial charge in [0.25, 0.3) is 0 Å². The van der Waals surface area contributed by atoms with E-state index in [4.69, 9.17) is 0 Å². The Bertz CT molecular complexity index is 438. The fourth-order valence-corrected chi connectivity index (χ4v) is 3.82. The number of carbonyl (C=O) groups excluding carboxylic acids is 1. The number of esters is 1. The van der Waals surface area contributed by atoms with Gasteiger partial charge in [-0.25, -0.2) is 0 Å². The quantitative estimate of drug-likeness (QED) is 0.742. The average Bonchev–Trinajstić information content (AvgIpc) is 3.09. The molecule has 1 atom stereocenters. The second-order valence-corrected chi connectivity index (χ2v) is 6.42. The van der Waals surface area contributed by atoms with E-state index in [1.165, 1.54) is 7.11 Å². The van der Waals surface area contributed by atoms with Crippen LogP contribution in [-0.2, 0) is 26.1 Å². The summed E-state index contributed by atoms with van der Waals surface area (Å²) in [6.45, 7) is 0. The van der Waals surface area contributed by atoms with Crippen molar-refractivity contribution in [3.8, 4) is 0 Å². The van der Waals surface area contributed by atoms with Gasteiger partial charge >= 0.3 is 5.97 Å². The minimum absolute atomic E-state index is 0.0489. The number of carbonyl (C=O) groups is 1. The monoisotopic (exact) mass is 266 g/mol. The van der Waals surface area contributed by atoms with Crippen molar-refractivity contribution in [3.63, 3.8) is 0 Å². The summed E-state index contributed by atoms with van der Waals surface area (Å²) in [4.78, 5) is 11.3. The normalized spacial score (nSPS) is 18.1. The molecule has 0 saturated heterocycles. The maximum atomic E-state index is 12.1. The van der Waals surface area contributed by atoms with Gasteiger partial charge in [-0.05, 0) is 23.8 Å². The molecule has 0 radical (unpaired) electrons. The van der Waals surface area contributed by atoms with Crippen LogP contribution in [-0.4, -0.2) is 23.0 Å². The minimum Gasteiger partial charge on any atom is -0.469 e. The fourth-order valence-electron chi connectivity index (χ4n) is 2.08. The SMILES string of the molecule is COC(=O)CC1(CS(=O)Cc2ccccc2)CC1. The van der Waals surface area contributed by atoms with E-state index in [9.17, 15) is 9.00 Å². The summed E-state index contributed by atoms with van der Waals surface area (Å²) >= 11 is 0. The molecule has 0 amide bonds. The predicted octanol–water partition coefficient (Wildman–Crippen LogP) is 2.28. The Morgan fingerprint density at radius 2 is 2.00 bits per heavy atom. The largest absolute Gasteiger partial charge is 0.469 e. The zero-order chi connectivity index (χ0) is 13.0. The van der Waals surface area contributed by atoms with Gasteiger partial charge in [0, 0.05) is 22.3 Å². The van der Waals surface area contributed by atoms with Gasteiger partial charge in [-0.3, -0.25) is 9.00 Å². The first-order valence-corrected chi connectivity index (χ1v) is 7.58. The van der Waals surface area contributed by atoms with Gasteiger partial charge < -0.3 is 4.74 Å². The molecule has 0 aliphatic heterocycles. The summed E-state index contributed by atoms with van der Waals surface area (Å²) in [5.41, 5.74) is 1.04. The van der Waals surface area contributed by atoms with E-state index >= 15 is 0 Å². The van der Waals surface area contributed by atoms with E-state index in [-0.39, 0.29) is 11.4 Å². The second kappa shape index (κ2) is 5.65. The van der Waals surface area contributed by atoms with E-state index in [1.54, 1.807) is 0 Å². The molecular weight excluding hydrogens is 248 g/mol. The molecular formula is C14H18O3S. The van der Waals surface area contributed by atoms with E-state index in [0.29, 0.717) is 17.9 Å². The van der Waals surface area contributed by atoms with Crippen LogP contribution < -0.4 is 0 Å². The van der Waals surface area contributed by atoms with Crippen molar-refractivity contribution in [2.75, 3.05) is 12.9 Å². The molecule has 2 rings (SSSR count). The van der Waals surface area contributed by atoms with Crippen LogP contribution in [0.25, 0.3) is 0 Å². The molecule has 1 saturated carbocycles. The Balaban J connectivity index is 1.86. The zero-order valence-corrected chi connectivity index (χ0v) is 11.4. The molecule has 0 N–H and O–H groups in total. The van der Waals surface area contributed by atoms with Crippen molar-refractivity contribution in [3.05, 3.63) is 35.9 Å². The fraction of sp³-hybridized carbons (Fsp3) is 0.500. The summed E-state index contributed by atoms with van der Waals surface area (Å²) < 4.78 is 16.8. The molecule has 1 aliphatic carbocycles. The maximum Gasteiger partial charge on any atom is 0.306 e. The van der Waals surface area contributed by atoms with Crippen LogP contribution in [0.4, 0.5) is 0 Å². The van der Waals surface area contributed by atoms with Crippen LogP contribution in [0.2, 0.25) is 0 Å². The van der Waals surface area contributed by atoms with Crippen molar-refractivity contribution in [1.29, 1.82) is 0 Å². The van der Waals surface area contributed by atoms with Crippen LogP contribution in [0.5, 0.6) is 0 Å². The van der Waals surface area contributed by atoms with Gasteiger partial charge in [0.1, 0.15) is 0 Å². The molecule has 18 heavy (non-hydrogen) atoms. The molecule has 3 nitrogen and oxygen atoms in total. The van der Waals surface area contributed by atoms with Gasteiger partial charge in [-0.15, -0.1) is 0 Å². The zero-order valence-electron chi connectivity index (χ0n) is 10.6. The Labute approximate surface area is 110 Å². The second-order valence-electron chi connectivity index (χ2n) is 4.97. The number of rotatable bonds is 6. The number of ether oxygens (including phenoxy) is 1. The highest BCUT2D eigenvalue weighted by Gasteiger charge is 2.45. The average molecular weight is 266 g/mol. The van der Waals surface area contributed by atoms with Crippen molar-refractivity contribution in [2.24, 2.45) is 5.41 Å². The standard InChI is InChI=1S/C14H18O3S/c1-17-13(15)9-14(7-8-14)11-18(16)10-12-5-3-2-4-6-12/h2-6H,7-11H2,1H3. The molecule has 1 aromatic rings. The first-order chi connectivity index (χ1) is 8.63. The van der Waals surface area contributed by atoms with Gasteiger partial charge in [0.05, 0.1) is 13.5 Å². The lowest BCUT2D eigenvalue weighted by Crippen LogP contribution is -2.18. The minimum atomic E-state index is -0.904. The number of hydrogen-bond donors (Lipinski definition) is 0. The number of benzene rings is 1. The molecule has 98 valence electrons. The maximum absolute atomic E-state index is 12.1. The predicted molar refractivity (Wildman–Crippen MR) is 71.5 cm³/mol. The first-order valence-electron chi connectivity index (χ1n) is 6.09. The van der Waals surface area contributed by atoms with Crippen molar-refractivity contribution in [1.82, 2.24) is 0 Å². The molecule has 0 heterocycles. The van der Waals surface area contributed by atoms with Crippen molar-refractivity contribution < 1.29 is 13.7 Å². The summed E-state index contributed by atoms with van der Waals surface area (Å²) in [6.07, 6.45) is 2.38.